The zero-order valence-electron chi connectivity index (χ0n) is 15.0. The minimum atomic E-state index is -4.76. The Balaban J connectivity index is 1.90. The van der Waals surface area contributed by atoms with Gasteiger partial charge in [0.25, 0.3) is 11.8 Å². The molecule has 0 saturated carbocycles. The number of benzene rings is 2. The number of nitro benzene ring substituents is 1. The molecule has 1 aliphatic heterocycles. The van der Waals surface area contributed by atoms with E-state index < -0.39 is 45.9 Å². The van der Waals surface area contributed by atoms with Crippen LogP contribution in [0.15, 0.2) is 46.4 Å². The minimum absolute atomic E-state index is 0.0257. The highest BCUT2D eigenvalue weighted by molar-refractivity contribution is 9.10. The number of rotatable bonds is 4. The number of nitrogens with one attached hydrogen (secondary N) is 2. The average Bonchev–Trinajstić information content (AvgIpc) is 2.66. The molecular formula is C18H9BrF3N3O6. The zero-order chi connectivity index (χ0) is 22.9. The number of nitro groups is 1. The molecule has 1 fully saturated rings. The van der Waals surface area contributed by atoms with E-state index in [0.29, 0.717) is 17.7 Å². The van der Waals surface area contributed by atoms with Crippen molar-refractivity contribution in [3.05, 3.63) is 67.7 Å². The van der Waals surface area contributed by atoms with E-state index in [1.54, 1.807) is 0 Å². The summed E-state index contributed by atoms with van der Waals surface area (Å²) in [5.74, 6) is -2.19. The van der Waals surface area contributed by atoms with E-state index in [1.165, 1.54) is 24.3 Å². The SMILES string of the molecule is O=C1NC(=O)C(=Cc2ccc(Oc3ccc(C(F)(F)F)cc3[N+](=O)[O-])c(Br)c2)C(=O)N1. The van der Waals surface area contributed by atoms with Crippen molar-refractivity contribution in [1.29, 1.82) is 0 Å². The molecule has 3 rings (SSSR count). The lowest BCUT2D eigenvalue weighted by atomic mass is 10.1. The molecule has 4 amide bonds. The molecule has 1 saturated heterocycles. The van der Waals surface area contributed by atoms with Crippen LogP contribution in [0.3, 0.4) is 0 Å². The summed E-state index contributed by atoms with van der Waals surface area (Å²) in [5.41, 5.74) is -2.09. The monoisotopic (exact) mass is 499 g/mol. The van der Waals surface area contributed by atoms with Gasteiger partial charge in [-0.1, -0.05) is 6.07 Å². The van der Waals surface area contributed by atoms with Crippen molar-refractivity contribution in [1.82, 2.24) is 10.6 Å². The number of ether oxygens (including phenoxy) is 1. The second kappa shape index (κ2) is 8.18. The lowest BCUT2D eigenvalue weighted by Gasteiger charge is -2.14. The summed E-state index contributed by atoms with van der Waals surface area (Å²) in [7, 11) is 0. The molecule has 2 N–H and O–H groups in total. The summed E-state index contributed by atoms with van der Waals surface area (Å²) in [6.07, 6.45) is -3.58. The third kappa shape index (κ3) is 4.88. The van der Waals surface area contributed by atoms with Crippen LogP contribution in [0, 0.1) is 10.1 Å². The first kappa shape index (κ1) is 22.0. The van der Waals surface area contributed by atoms with Gasteiger partial charge in [-0.2, -0.15) is 13.2 Å². The van der Waals surface area contributed by atoms with E-state index in [9.17, 15) is 37.7 Å². The third-order valence-corrected chi connectivity index (χ3v) is 4.53. The molecule has 9 nitrogen and oxygen atoms in total. The summed E-state index contributed by atoms with van der Waals surface area (Å²) in [5, 5.41) is 15.0. The number of hydrogen-bond acceptors (Lipinski definition) is 6. The number of urea groups is 1. The van der Waals surface area contributed by atoms with Crippen LogP contribution in [0.5, 0.6) is 11.5 Å². The van der Waals surface area contributed by atoms with Crippen LogP contribution in [-0.2, 0) is 15.8 Å². The average molecular weight is 500 g/mol. The molecular weight excluding hydrogens is 491 g/mol. The first-order valence-corrected chi connectivity index (χ1v) is 8.96. The van der Waals surface area contributed by atoms with Gasteiger partial charge in [-0.15, -0.1) is 0 Å². The van der Waals surface area contributed by atoms with E-state index in [1.807, 2.05) is 10.6 Å². The standard InChI is InChI=1S/C18H9BrF3N3O6/c19-11-6-8(5-10-15(26)23-17(28)24-16(10)27)1-3-13(11)31-14-4-2-9(18(20,21)22)7-12(14)25(29)30/h1-7H,(H2,23,24,26,27,28). The van der Waals surface area contributed by atoms with Crippen molar-refractivity contribution < 1.29 is 37.2 Å². The van der Waals surface area contributed by atoms with E-state index >= 15 is 0 Å². The Morgan fingerprint density at radius 2 is 1.61 bits per heavy atom. The maximum atomic E-state index is 12.8. The number of barbiturate groups is 1. The zero-order valence-corrected chi connectivity index (χ0v) is 16.5. The fourth-order valence-corrected chi connectivity index (χ4v) is 2.98. The molecule has 0 bridgehead atoms. The lowest BCUT2D eigenvalue weighted by molar-refractivity contribution is -0.385. The first-order chi connectivity index (χ1) is 14.5. The Bertz CT molecular complexity index is 1140. The number of carbonyl (C=O) groups is 3. The molecule has 13 heteroatoms. The molecule has 2 aromatic carbocycles. The smallest absolute Gasteiger partial charge is 0.416 e. The Kier molecular flexibility index (Phi) is 5.79. The van der Waals surface area contributed by atoms with Gasteiger partial charge in [0, 0.05) is 6.07 Å². The molecule has 0 atom stereocenters. The Morgan fingerprint density at radius 3 is 2.16 bits per heavy atom. The summed E-state index contributed by atoms with van der Waals surface area (Å²) < 4.78 is 44.1. The Labute approximate surface area is 179 Å². The fraction of sp³-hybridized carbons (Fsp3) is 0.0556. The van der Waals surface area contributed by atoms with Crippen molar-refractivity contribution >= 4 is 45.5 Å². The number of carbonyl (C=O) groups excluding carboxylic acids is 3. The van der Waals surface area contributed by atoms with Crippen LogP contribution >= 0.6 is 15.9 Å². The predicted octanol–water partition coefficient (Wildman–Crippen LogP) is 3.92. The molecule has 1 aliphatic rings. The number of nitrogens with zero attached hydrogens (tertiary/aromatic N) is 1. The molecule has 2 aromatic rings. The Morgan fingerprint density at radius 1 is 1.00 bits per heavy atom. The van der Waals surface area contributed by atoms with Gasteiger partial charge in [-0.05, 0) is 51.8 Å². The van der Waals surface area contributed by atoms with Crippen LogP contribution in [-0.4, -0.2) is 22.8 Å². The minimum Gasteiger partial charge on any atom is -0.449 e. The first-order valence-electron chi connectivity index (χ1n) is 8.17. The molecule has 0 aliphatic carbocycles. The highest BCUT2D eigenvalue weighted by Gasteiger charge is 2.33. The van der Waals surface area contributed by atoms with Crippen LogP contribution in [0.2, 0.25) is 0 Å². The Hall–Kier alpha value is -3.74. The summed E-state index contributed by atoms with van der Waals surface area (Å²) >= 11 is 3.16. The topological polar surface area (TPSA) is 128 Å². The molecule has 0 radical (unpaired) electrons. The largest absolute Gasteiger partial charge is 0.449 e. The predicted molar refractivity (Wildman–Crippen MR) is 102 cm³/mol. The maximum Gasteiger partial charge on any atom is 0.416 e. The van der Waals surface area contributed by atoms with Crippen LogP contribution in [0.25, 0.3) is 6.08 Å². The van der Waals surface area contributed by atoms with Crippen molar-refractivity contribution in [2.45, 2.75) is 6.18 Å². The molecule has 160 valence electrons. The summed E-state index contributed by atoms with van der Waals surface area (Å²) in [6.45, 7) is 0. The van der Waals surface area contributed by atoms with Crippen molar-refractivity contribution in [3.8, 4) is 11.5 Å². The van der Waals surface area contributed by atoms with Gasteiger partial charge >= 0.3 is 17.9 Å². The van der Waals surface area contributed by atoms with Crippen molar-refractivity contribution in [3.63, 3.8) is 0 Å². The van der Waals surface area contributed by atoms with Gasteiger partial charge in [0.2, 0.25) is 5.75 Å². The molecule has 0 aromatic heterocycles. The number of halogens is 4. The van der Waals surface area contributed by atoms with Crippen LogP contribution < -0.4 is 15.4 Å². The highest BCUT2D eigenvalue weighted by Crippen LogP contribution is 2.39. The van der Waals surface area contributed by atoms with E-state index in [-0.39, 0.29) is 15.8 Å². The van der Waals surface area contributed by atoms with Gasteiger partial charge in [0.05, 0.1) is 15.0 Å². The molecule has 0 unspecified atom stereocenters. The van der Waals surface area contributed by atoms with Crippen molar-refractivity contribution in [2.24, 2.45) is 0 Å². The lowest BCUT2D eigenvalue weighted by Crippen LogP contribution is -2.51. The van der Waals surface area contributed by atoms with Crippen molar-refractivity contribution in [2.75, 3.05) is 0 Å². The number of amides is 4. The highest BCUT2D eigenvalue weighted by atomic mass is 79.9. The number of imide groups is 2. The second-order valence-electron chi connectivity index (χ2n) is 6.02. The van der Waals surface area contributed by atoms with Gasteiger partial charge < -0.3 is 4.74 Å². The van der Waals surface area contributed by atoms with E-state index in [4.69, 9.17) is 4.74 Å². The quantitative estimate of drug-likeness (QED) is 0.284. The van der Waals surface area contributed by atoms with Gasteiger partial charge in [0.1, 0.15) is 11.3 Å². The van der Waals surface area contributed by atoms with E-state index in [2.05, 4.69) is 15.9 Å². The van der Waals surface area contributed by atoms with Crippen LogP contribution in [0.1, 0.15) is 11.1 Å². The summed E-state index contributed by atoms with van der Waals surface area (Å²) in [6, 6.07) is 5.00. The summed E-state index contributed by atoms with van der Waals surface area (Å²) in [4.78, 5) is 44.8. The molecule has 0 spiro atoms. The third-order valence-electron chi connectivity index (χ3n) is 3.91. The number of hydrogen-bond donors (Lipinski definition) is 2. The van der Waals surface area contributed by atoms with Gasteiger partial charge in [-0.3, -0.25) is 30.3 Å². The number of alkyl halides is 3. The van der Waals surface area contributed by atoms with Gasteiger partial charge in [-0.25, -0.2) is 4.79 Å². The maximum absolute atomic E-state index is 12.8. The molecule has 1 heterocycles. The fourth-order valence-electron chi connectivity index (χ4n) is 2.50. The normalized spacial score (nSPS) is 14.1. The second-order valence-corrected chi connectivity index (χ2v) is 6.88. The van der Waals surface area contributed by atoms with E-state index in [0.717, 1.165) is 6.07 Å². The molecule has 31 heavy (non-hydrogen) atoms. The van der Waals surface area contributed by atoms with Gasteiger partial charge in [0.15, 0.2) is 0 Å². The van der Waals surface area contributed by atoms with Crippen LogP contribution in [0.4, 0.5) is 23.7 Å².